The fourth-order valence-electron chi connectivity index (χ4n) is 4.00. The topological polar surface area (TPSA) is 29.5 Å². The number of methoxy groups -OCH3 is 1. The molecule has 1 N–H and O–H groups in total. The molecule has 1 atom stereocenters. The molecule has 31 heavy (non-hydrogen) atoms. The SMILES string of the molecule is COc1ccc(C(c2ccc(Cl)cc2)c2cc(C(C)(C)C)c(O)c(C(C)(C)C)c2)cc1. The van der Waals surface area contributed by atoms with Crippen LogP contribution in [-0.4, -0.2) is 12.2 Å². The third kappa shape index (κ3) is 5.07. The molecule has 0 bridgehead atoms. The Kier molecular flexibility index (Phi) is 6.43. The van der Waals surface area contributed by atoms with E-state index < -0.39 is 0 Å². The lowest BCUT2D eigenvalue weighted by molar-refractivity contribution is 0.414. The van der Waals surface area contributed by atoms with E-state index in [4.69, 9.17) is 16.3 Å². The third-order valence-corrected chi connectivity index (χ3v) is 5.99. The summed E-state index contributed by atoms with van der Waals surface area (Å²) in [4.78, 5) is 0. The van der Waals surface area contributed by atoms with Crippen LogP contribution in [0, 0.1) is 0 Å². The summed E-state index contributed by atoms with van der Waals surface area (Å²) in [6, 6.07) is 20.6. The maximum Gasteiger partial charge on any atom is 0.123 e. The molecule has 3 rings (SSSR count). The molecule has 0 spiro atoms. The molecular formula is C28H33ClO2. The standard InChI is InChI=1S/C28H33ClO2/c1-27(2,3)23-16-20(17-24(26(23)30)28(4,5)6)25(18-8-12-21(29)13-9-18)19-10-14-22(31-7)15-11-19/h8-17,25,30H,1-7H3. The van der Waals surface area contributed by atoms with Gasteiger partial charge in [-0.1, -0.05) is 89.5 Å². The maximum absolute atomic E-state index is 11.2. The first-order chi connectivity index (χ1) is 14.4. The normalized spacial score (nSPS) is 13.2. The van der Waals surface area contributed by atoms with Gasteiger partial charge in [-0.05, 0) is 62.9 Å². The average molecular weight is 437 g/mol. The first-order valence-corrected chi connectivity index (χ1v) is 11.1. The molecule has 0 heterocycles. The zero-order valence-corrected chi connectivity index (χ0v) is 20.3. The molecule has 0 aliphatic heterocycles. The second-order valence-electron chi connectivity index (χ2n) is 10.2. The number of ether oxygens (including phenoxy) is 1. The van der Waals surface area contributed by atoms with Gasteiger partial charge in [0.25, 0.3) is 0 Å². The zero-order valence-electron chi connectivity index (χ0n) is 19.6. The lowest BCUT2D eigenvalue weighted by Gasteiger charge is -2.30. The lowest BCUT2D eigenvalue weighted by atomic mass is 9.75. The molecular weight excluding hydrogens is 404 g/mol. The van der Waals surface area contributed by atoms with E-state index in [1.807, 2.05) is 24.3 Å². The number of phenolic OH excluding ortho intramolecular Hbond substituents is 1. The minimum atomic E-state index is -0.190. The number of hydrogen-bond acceptors (Lipinski definition) is 2. The van der Waals surface area contributed by atoms with Crippen LogP contribution in [0.5, 0.6) is 11.5 Å². The highest BCUT2D eigenvalue weighted by molar-refractivity contribution is 6.30. The molecule has 3 heteroatoms. The molecule has 0 aliphatic carbocycles. The summed E-state index contributed by atoms with van der Waals surface area (Å²) in [5.41, 5.74) is 5.01. The van der Waals surface area contributed by atoms with E-state index in [0.29, 0.717) is 10.8 Å². The highest BCUT2D eigenvalue weighted by Crippen LogP contribution is 2.43. The van der Waals surface area contributed by atoms with E-state index in [1.54, 1.807) is 7.11 Å². The van der Waals surface area contributed by atoms with E-state index in [0.717, 1.165) is 33.6 Å². The van der Waals surface area contributed by atoms with Crippen molar-refractivity contribution in [1.82, 2.24) is 0 Å². The number of hydrogen-bond donors (Lipinski definition) is 1. The van der Waals surface area contributed by atoms with Gasteiger partial charge in [0.05, 0.1) is 7.11 Å². The summed E-state index contributed by atoms with van der Waals surface area (Å²) in [5, 5.41) is 11.9. The van der Waals surface area contributed by atoms with Crippen LogP contribution < -0.4 is 4.74 Å². The lowest BCUT2D eigenvalue weighted by Crippen LogP contribution is -2.19. The van der Waals surface area contributed by atoms with Crippen LogP contribution >= 0.6 is 11.6 Å². The fraction of sp³-hybridized carbons (Fsp3) is 0.357. The van der Waals surface area contributed by atoms with Crippen LogP contribution in [0.2, 0.25) is 5.02 Å². The average Bonchev–Trinajstić information content (AvgIpc) is 2.69. The van der Waals surface area contributed by atoms with Crippen LogP contribution in [0.25, 0.3) is 0 Å². The van der Waals surface area contributed by atoms with Gasteiger partial charge in [-0.25, -0.2) is 0 Å². The van der Waals surface area contributed by atoms with Gasteiger partial charge in [0.1, 0.15) is 11.5 Å². The van der Waals surface area contributed by atoms with Gasteiger partial charge in [0.2, 0.25) is 0 Å². The first kappa shape index (κ1) is 23.2. The molecule has 3 aromatic rings. The van der Waals surface area contributed by atoms with Crippen molar-refractivity contribution in [2.75, 3.05) is 7.11 Å². The van der Waals surface area contributed by atoms with Gasteiger partial charge in [0, 0.05) is 10.9 Å². The smallest absolute Gasteiger partial charge is 0.123 e. The van der Waals surface area contributed by atoms with E-state index in [1.165, 1.54) is 0 Å². The summed E-state index contributed by atoms with van der Waals surface area (Å²) < 4.78 is 5.37. The Morgan fingerprint density at radius 1 is 0.710 bits per heavy atom. The van der Waals surface area contributed by atoms with Gasteiger partial charge in [-0.3, -0.25) is 0 Å². The monoisotopic (exact) mass is 436 g/mol. The second-order valence-corrected chi connectivity index (χ2v) is 10.7. The van der Waals surface area contributed by atoms with Crippen molar-refractivity contribution in [3.05, 3.63) is 93.5 Å². The van der Waals surface area contributed by atoms with Gasteiger partial charge in [-0.15, -0.1) is 0 Å². The highest BCUT2D eigenvalue weighted by Gasteiger charge is 2.29. The number of rotatable bonds is 4. The predicted molar refractivity (Wildman–Crippen MR) is 131 cm³/mol. The Labute approximate surface area is 191 Å². The van der Waals surface area contributed by atoms with Crippen molar-refractivity contribution in [3.63, 3.8) is 0 Å². The van der Waals surface area contributed by atoms with Crippen molar-refractivity contribution in [2.24, 2.45) is 0 Å². The van der Waals surface area contributed by atoms with Gasteiger partial charge < -0.3 is 9.84 Å². The molecule has 0 saturated heterocycles. The molecule has 0 amide bonds. The van der Waals surface area contributed by atoms with Crippen LogP contribution in [0.4, 0.5) is 0 Å². The van der Waals surface area contributed by atoms with Crippen molar-refractivity contribution in [1.29, 1.82) is 0 Å². The number of aromatic hydroxyl groups is 1. The summed E-state index contributed by atoms with van der Waals surface area (Å²) in [5.74, 6) is 1.23. The molecule has 2 nitrogen and oxygen atoms in total. The minimum absolute atomic E-state index is 0.00553. The molecule has 0 aromatic heterocycles. The van der Waals surface area contributed by atoms with Crippen LogP contribution in [0.1, 0.15) is 75.3 Å². The zero-order chi connectivity index (χ0) is 23.0. The van der Waals surface area contributed by atoms with Crippen molar-refractivity contribution >= 4 is 11.6 Å². The molecule has 0 radical (unpaired) electrons. The van der Waals surface area contributed by atoms with Gasteiger partial charge in [0.15, 0.2) is 0 Å². The summed E-state index contributed by atoms with van der Waals surface area (Å²) >= 11 is 6.19. The van der Waals surface area contributed by atoms with Crippen molar-refractivity contribution in [2.45, 2.75) is 58.3 Å². The maximum atomic E-state index is 11.2. The number of phenols is 1. The summed E-state index contributed by atoms with van der Waals surface area (Å²) in [6.45, 7) is 12.9. The van der Waals surface area contributed by atoms with Crippen molar-refractivity contribution in [3.8, 4) is 11.5 Å². The fourth-order valence-corrected chi connectivity index (χ4v) is 4.12. The van der Waals surface area contributed by atoms with Crippen molar-refractivity contribution < 1.29 is 9.84 Å². The first-order valence-electron chi connectivity index (χ1n) is 10.7. The number of benzene rings is 3. The van der Waals surface area contributed by atoms with E-state index >= 15 is 0 Å². The summed E-state index contributed by atoms with van der Waals surface area (Å²) in [7, 11) is 1.68. The van der Waals surface area contributed by atoms with Crippen LogP contribution in [0.3, 0.4) is 0 Å². The summed E-state index contributed by atoms with van der Waals surface area (Å²) in [6.07, 6.45) is 0. The van der Waals surface area contributed by atoms with Crippen LogP contribution in [-0.2, 0) is 10.8 Å². The Bertz CT molecular complexity index is 1000. The second kappa shape index (κ2) is 8.59. The molecule has 0 aliphatic rings. The number of halogens is 1. The van der Waals surface area contributed by atoms with E-state index in [9.17, 15) is 5.11 Å². The van der Waals surface area contributed by atoms with E-state index in [-0.39, 0.29) is 16.7 Å². The van der Waals surface area contributed by atoms with Gasteiger partial charge >= 0.3 is 0 Å². The predicted octanol–water partition coefficient (Wildman–Crippen LogP) is 7.83. The third-order valence-electron chi connectivity index (χ3n) is 5.73. The highest BCUT2D eigenvalue weighted by atomic mass is 35.5. The Morgan fingerprint density at radius 2 is 1.13 bits per heavy atom. The molecule has 0 saturated carbocycles. The Balaban J connectivity index is 2.30. The Hall–Kier alpha value is -2.45. The molecule has 1 unspecified atom stereocenters. The van der Waals surface area contributed by atoms with E-state index in [2.05, 4.69) is 77.9 Å². The Morgan fingerprint density at radius 3 is 1.52 bits per heavy atom. The quantitative estimate of drug-likeness (QED) is 0.422. The molecule has 0 fully saturated rings. The van der Waals surface area contributed by atoms with Crippen LogP contribution in [0.15, 0.2) is 60.7 Å². The van der Waals surface area contributed by atoms with Gasteiger partial charge in [-0.2, -0.15) is 0 Å². The minimum Gasteiger partial charge on any atom is -0.507 e. The molecule has 164 valence electrons. The largest absolute Gasteiger partial charge is 0.507 e. The molecule has 3 aromatic carbocycles.